The van der Waals surface area contributed by atoms with E-state index in [9.17, 15) is 0 Å². The summed E-state index contributed by atoms with van der Waals surface area (Å²) in [4.78, 5) is 11.0. The van der Waals surface area contributed by atoms with E-state index < -0.39 is 0 Å². The first-order valence-electron chi connectivity index (χ1n) is 6.09. The zero-order valence-corrected chi connectivity index (χ0v) is 11.0. The van der Waals surface area contributed by atoms with E-state index in [4.69, 9.17) is 0 Å². The molecule has 1 aromatic rings. The minimum Gasteiger partial charge on any atom is -0.366 e. The topological polar surface area (TPSA) is 41.1 Å². The van der Waals surface area contributed by atoms with Gasteiger partial charge in [0, 0.05) is 31.9 Å². The van der Waals surface area contributed by atoms with Gasteiger partial charge in [-0.2, -0.15) is 4.98 Å². The van der Waals surface area contributed by atoms with Gasteiger partial charge in [-0.25, -0.2) is 4.98 Å². The Bertz CT molecular complexity index is 362. The van der Waals surface area contributed by atoms with Crippen LogP contribution >= 0.6 is 0 Å². The maximum Gasteiger partial charge on any atom is 0.227 e. The van der Waals surface area contributed by atoms with Gasteiger partial charge >= 0.3 is 0 Å². The summed E-state index contributed by atoms with van der Waals surface area (Å²) in [5.41, 5.74) is 0.977. The van der Waals surface area contributed by atoms with Crippen molar-refractivity contribution in [2.24, 2.45) is 0 Å². The van der Waals surface area contributed by atoms with Gasteiger partial charge in [0.1, 0.15) is 5.82 Å². The van der Waals surface area contributed by atoms with Crippen molar-refractivity contribution >= 4 is 11.8 Å². The molecule has 0 radical (unpaired) electrons. The van der Waals surface area contributed by atoms with Gasteiger partial charge in [0.2, 0.25) is 5.95 Å². The van der Waals surface area contributed by atoms with Crippen LogP contribution in [0.15, 0.2) is 18.7 Å². The standard InChI is InChI=1S/C13H22N4/c1-5-7-9-17(4)13-15-11(3)10-12(16-13)14-8-6-2/h6,10H,2,5,7-9H2,1,3-4H3,(H,14,15,16). The molecule has 0 spiro atoms. The number of aryl methyl sites for hydroxylation is 1. The lowest BCUT2D eigenvalue weighted by molar-refractivity contribution is 0.748. The molecule has 0 saturated heterocycles. The van der Waals surface area contributed by atoms with Gasteiger partial charge in [0.15, 0.2) is 0 Å². The maximum absolute atomic E-state index is 4.48. The van der Waals surface area contributed by atoms with E-state index in [2.05, 4.69) is 33.7 Å². The molecular weight excluding hydrogens is 212 g/mol. The van der Waals surface area contributed by atoms with Crippen LogP contribution in [0.2, 0.25) is 0 Å². The minimum absolute atomic E-state index is 0.717. The average Bonchev–Trinajstić information content (AvgIpc) is 2.32. The van der Waals surface area contributed by atoms with Gasteiger partial charge in [-0.15, -0.1) is 6.58 Å². The second-order valence-corrected chi connectivity index (χ2v) is 4.14. The van der Waals surface area contributed by atoms with Crippen LogP contribution in [0.25, 0.3) is 0 Å². The molecule has 0 unspecified atom stereocenters. The molecule has 1 aromatic heterocycles. The Morgan fingerprint density at radius 2 is 2.24 bits per heavy atom. The predicted octanol–water partition coefficient (Wildman–Crippen LogP) is 2.62. The Morgan fingerprint density at radius 3 is 2.88 bits per heavy atom. The number of nitrogens with one attached hydrogen (secondary N) is 1. The van der Waals surface area contributed by atoms with Gasteiger partial charge in [0.25, 0.3) is 0 Å². The van der Waals surface area contributed by atoms with E-state index in [1.54, 1.807) is 0 Å². The fraction of sp³-hybridized carbons (Fsp3) is 0.538. The number of unbranched alkanes of at least 4 members (excludes halogenated alkanes) is 1. The summed E-state index contributed by atoms with van der Waals surface area (Å²) in [5, 5.41) is 3.19. The van der Waals surface area contributed by atoms with E-state index in [-0.39, 0.29) is 0 Å². The molecule has 1 rings (SSSR count). The molecule has 1 N–H and O–H groups in total. The molecule has 0 saturated carbocycles. The van der Waals surface area contributed by atoms with Crippen LogP contribution < -0.4 is 10.2 Å². The predicted molar refractivity (Wildman–Crippen MR) is 73.6 cm³/mol. The highest BCUT2D eigenvalue weighted by Crippen LogP contribution is 2.12. The zero-order valence-electron chi connectivity index (χ0n) is 11.0. The smallest absolute Gasteiger partial charge is 0.227 e. The number of rotatable bonds is 7. The van der Waals surface area contributed by atoms with E-state index >= 15 is 0 Å². The molecule has 4 heteroatoms. The summed E-state index contributed by atoms with van der Waals surface area (Å²) in [7, 11) is 2.03. The first-order valence-corrected chi connectivity index (χ1v) is 6.09. The lowest BCUT2D eigenvalue weighted by Crippen LogP contribution is -2.21. The molecule has 94 valence electrons. The average molecular weight is 234 g/mol. The first-order chi connectivity index (χ1) is 8.17. The maximum atomic E-state index is 4.48. The molecule has 0 atom stereocenters. The van der Waals surface area contributed by atoms with E-state index in [1.807, 2.05) is 26.1 Å². The monoisotopic (exact) mass is 234 g/mol. The molecule has 0 aliphatic rings. The summed E-state index contributed by atoms with van der Waals surface area (Å²) >= 11 is 0. The molecule has 0 aliphatic carbocycles. The van der Waals surface area contributed by atoms with Crippen molar-refractivity contribution in [3.63, 3.8) is 0 Å². The largest absolute Gasteiger partial charge is 0.366 e. The second-order valence-electron chi connectivity index (χ2n) is 4.14. The normalized spacial score (nSPS) is 10.1. The fourth-order valence-corrected chi connectivity index (χ4v) is 1.49. The molecule has 4 nitrogen and oxygen atoms in total. The van der Waals surface area contributed by atoms with Gasteiger partial charge in [-0.3, -0.25) is 0 Å². The van der Waals surface area contributed by atoms with Crippen LogP contribution in [0, 0.1) is 6.92 Å². The number of aromatic nitrogens is 2. The van der Waals surface area contributed by atoms with Gasteiger partial charge in [-0.1, -0.05) is 19.4 Å². The van der Waals surface area contributed by atoms with Crippen molar-refractivity contribution in [2.45, 2.75) is 26.7 Å². The summed E-state index contributed by atoms with van der Waals surface area (Å²) < 4.78 is 0. The lowest BCUT2D eigenvalue weighted by atomic mass is 10.3. The third-order valence-corrected chi connectivity index (χ3v) is 2.46. The summed E-state index contributed by atoms with van der Waals surface area (Å²) in [6.45, 7) is 9.55. The number of anilines is 2. The third-order valence-electron chi connectivity index (χ3n) is 2.46. The van der Waals surface area contributed by atoms with Crippen LogP contribution in [-0.4, -0.2) is 30.1 Å². The van der Waals surface area contributed by atoms with Crippen molar-refractivity contribution in [3.05, 3.63) is 24.4 Å². The lowest BCUT2D eigenvalue weighted by Gasteiger charge is -2.17. The molecular formula is C13H22N4. The van der Waals surface area contributed by atoms with Crippen LogP contribution in [0.5, 0.6) is 0 Å². The summed E-state index contributed by atoms with van der Waals surface area (Å²) in [6.07, 6.45) is 4.15. The van der Waals surface area contributed by atoms with Crippen molar-refractivity contribution in [1.29, 1.82) is 0 Å². The highest BCUT2D eigenvalue weighted by Gasteiger charge is 2.06. The Balaban J connectivity index is 2.76. The summed E-state index contributed by atoms with van der Waals surface area (Å²) in [5.74, 6) is 1.64. The van der Waals surface area contributed by atoms with E-state index in [1.165, 1.54) is 6.42 Å². The SMILES string of the molecule is C=CCNc1cc(C)nc(N(C)CCCC)n1. The minimum atomic E-state index is 0.717. The number of nitrogens with zero attached hydrogens (tertiary/aromatic N) is 3. The summed E-state index contributed by atoms with van der Waals surface area (Å²) in [6, 6.07) is 1.95. The third kappa shape index (κ3) is 4.43. The Hall–Kier alpha value is -1.58. The van der Waals surface area contributed by atoms with Gasteiger partial charge in [0.05, 0.1) is 0 Å². The van der Waals surface area contributed by atoms with E-state index in [0.717, 1.165) is 30.4 Å². The Labute approximate surface area is 104 Å². The van der Waals surface area contributed by atoms with Crippen LogP contribution in [0.1, 0.15) is 25.5 Å². The van der Waals surface area contributed by atoms with Crippen molar-refractivity contribution in [2.75, 3.05) is 30.4 Å². The molecule has 0 aliphatic heterocycles. The van der Waals surface area contributed by atoms with Crippen molar-refractivity contribution in [1.82, 2.24) is 9.97 Å². The van der Waals surface area contributed by atoms with Crippen LogP contribution in [-0.2, 0) is 0 Å². The van der Waals surface area contributed by atoms with E-state index in [0.29, 0.717) is 6.54 Å². The first kappa shape index (κ1) is 13.5. The quantitative estimate of drug-likeness (QED) is 0.736. The highest BCUT2D eigenvalue weighted by atomic mass is 15.2. The molecule has 1 heterocycles. The zero-order chi connectivity index (χ0) is 12.7. The second kappa shape index (κ2) is 6.89. The van der Waals surface area contributed by atoms with Crippen molar-refractivity contribution in [3.8, 4) is 0 Å². The number of hydrogen-bond donors (Lipinski definition) is 1. The Kier molecular flexibility index (Phi) is 5.46. The van der Waals surface area contributed by atoms with Crippen molar-refractivity contribution < 1.29 is 0 Å². The molecule has 0 bridgehead atoms. The molecule has 0 fully saturated rings. The van der Waals surface area contributed by atoms with Crippen LogP contribution in [0.4, 0.5) is 11.8 Å². The van der Waals surface area contributed by atoms with Crippen LogP contribution in [0.3, 0.4) is 0 Å². The molecule has 0 aromatic carbocycles. The molecule has 17 heavy (non-hydrogen) atoms. The molecule has 0 amide bonds. The van der Waals surface area contributed by atoms with Gasteiger partial charge < -0.3 is 10.2 Å². The highest BCUT2D eigenvalue weighted by molar-refractivity contribution is 5.43. The van der Waals surface area contributed by atoms with Gasteiger partial charge in [-0.05, 0) is 13.3 Å². The fourth-order valence-electron chi connectivity index (χ4n) is 1.49. The Morgan fingerprint density at radius 1 is 1.47 bits per heavy atom. The number of hydrogen-bond acceptors (Lipinski definition) is 4.